The molecule has 0 saturated carbocycles. The van der Waals surface area contributed by atoms with Crippen LogP contribution in [0.25, 0.3) is 6.08 Å². The van der Waals surface area contributed by atoms with E-state index in [-0.39, 0.29) is 0 Å². The van der Waals surface area contributed by atoms with E-state index in [1.165, 1.54) is 30.4 Å². The first-order valence-electron chi connectivity index (χ1n) is 15.6. The molecule has 3 N–H and O–H groups in total. The molecule has 238 valence electrons. The Kier molecular flexibility index (Phi) is 31.5. The Labute approximate surface area is 262 Å². The molecule has 4 heteroatoms. The molecule has 0 aliphatic carbocycles. The molecule has 2 aromatic rings. The molecule has 0 bridgehead atoms. The molecule has 0 amide bonds. The Bertz CT molecular complexity index is 1020. The number of nitrogens with zero attached hydrogens (tertiary/aromatic N) is 2. The lowest BCUT2D eigenvalue weighted by Gasteiger charge is -2.15. The first kappa shape index (κ1) is 45.5. The summed E-state index contributed by atoms with van der Waals surface area (Å²) in [6.07, 6.45) is 15.6. The molecule has 42 heavy (non-hydrogen) atoms. The number of hydrogen-bond donors (Lipinski definition) is 2. The third-order valence-corrected chi connectivity index (χ3v) is 6.21. The van der Waals surface area contributed by atoms with Gasteiger partial charge in [-0.2, -0.15) is 0 Å². The van der Waals surface area contributed by atoms with Crippen LogP contribution >= 0.6 is 0 Å². The average Bonchev–Trinajstić information content (AvgIpc) is 3.27. The molecule has 0 radical (unpaired) electrons. The molecule has 0 aliphatic rings. The minimum atomic E-state index is 0.689. The topological polar surface area (TPSA) is 55.3 Å². The zero-order valence-corrected chi connectivity index (χ0v) is 29.7. The van der Waals surface area contributed by atoms with E-state index >= 15 is 0 Å². The maximum Gasteiger partial charge on any atom is 0.104 e. The monoisotopic (exact) mass is 579 g/mol. The highest BCUT2D eigenvalue weighted by Crippen LogP contribution is 2.22. The van der Waals surface area contributed by atoms with Gasteiger partial charge in [-0.25, -0.2) is 0 Å². The number of terminal acetylenes is 1. The molecule has 2 rings (SSSR count). The largest absolute Gasteiger partial charge is 0.397 e. The van der Waals surface area contributed by atoms with Crippen molar-refractivity contribution in [2.45, 2.75) is 102 Å². The fourth-order valence-corrected chi connectivity index (χ4v) is 3.90. The Morgan fingerprint density at radius 3 is 1.86 bits per heavy atom. The van der Waals surface area contributed by atoms with Crippen LogP contribution in [0, 0.1) is 31.6 Å². The highest BCUT2D eigenvalue weighted by Gasteiger charge is 2.16. The third-order valence-electron chi connectivity index (χ3n) is 6.21. The van der Waals surface area contributed by atoms with Gasteiger partial charge in [-0.15, -0.1) is 12.8 Å². The molecular weight excluding hydrogens is 512 g/mol. The molecule has 4 nitrogen and oxygen atoms in total. The summed E-state index contributed by atoms with van der Waals surface area (Å²) in [5.74, 6) is 1.60. The predicted molar refractivity (Wildman–Crippen MR) is 196 cm³/mol. The van der Waals surface area contributed by atoms with Crippen LogP contribution in [0.4, 0.5) is 5.69 Å². The van der Waals surface area contributed by atoms with Crippen molar-refractivity contribution in [2.75, 3.05) is 12.8 Å². The van der Waals surface area contributed by atoms with Gasteiger partial charge in [-0.3, -0.25) is 4.99 Å². The van der Waals surface area contributed by atoms with Crippen LogP contribution in [0.1, 0.15) is 111 Å². The van der Waals surface area contributed by atoms with Crippen molar-refractivity contribution in [1.29, 1.82) is 0 Å². The van der Waals surface area contributed by atoms with E-state index in [1.54, 1.807) is 7.05 Å². The number of nitrogen functional groups attached to an aromatic ring is 1. The summed E-state index contributed by atoms with van der Waals surface area (Å²) in [4.78, 5) is 4.40. The summed E-state index contributed by atoms with van der Waals surface area (Å²) < 4.78 is 1.98. The zero-order valence-electron chi connectivity index (χ0n) is 29.7. The van der Waals surface area contributed by atoms with Gasteiger partial charge in [0.05, 0.1) is 17.1 Å². The van der Waals surface area contributed by atoms with E-state index < -0.39 is 0 Å². The van der Waals surface area contributed by atoms with Crippen LogP contribution in [-0.2, 0) is 13.6 Å². The van der Waals surface area contributed by atoms with Crippen molar-refractivity contribution < 1.29 is 0 Å². The van der Waals surface area contributed by atoms with Crippen molar-refractivity contribution in [3.05, 3.63) is 83.9 Å². The van der Waals surface area contributed by atoms with Crippen LogP contribution < -0.4 is 11.1 Å². The summed E-state index contributed by atoms with van der Waals surface area (Å²) in [5, 5.41) is 3.34. The molecular formula is C38H66N4. The lowest BCUT2D eigenvalue weighted by Crippen LogP contribution is -2.22. The van der Waals surface area contributed by atoms with Gasteiger partial charge in [0.2, 0.25) is 0 Å². The number of nitrogens with one attached hydrogen (secondary N) is 1. The molecule has 0 aliphatic heterocycles. The summed E-state index contributed by atoms with van der Waals surface area (Å²) in [5.41, 5.74) is 14.0. The standard InChI is InChI=1S/C19H24N4.C11H22.3C2H6.C2H2/c1-6-15-7-9-16(10-8-15)11-22-14(3)18(21-4)19-13(2)17(20)12-23(19)5;1-6-11(10(4)5)8-7-9(2)3;4*1-2/h6-10,12,22H,1,3,11,20H2,2,4-5H3;9,11H,4,6-8H2,1-3,5H3;3*1-2H3;1-2H. The van der Waals surface area contributed by atoms with Crippen LogP contribution in [-0.4, -0.2) is 17.3 Å². The van der Waals surface area contributed by atoms with Gasteiger partial charge in [0, 0.05) is 26.8 Å². The van der Waals surface area contributed by atoms with Gasteiger partial charge in [-0.1, -0.05) is 124 Å². The smallest absolute Gasteiger partial charge is 0.104 e. The second-order valence-electron chi connectivity index (χ2n) is 9.44. The molecule has 1 atom stereocenters. The lowest BCUT2D eigenvalue weighted by atomic mass is 9.91. The number of anilines is 1. The summed E-state index contributed by atoms with van der Waals surface area (Å²) in [6, 6.07) is 8.24. The fourth-order valence-electron chi connectivity index (χ4n) is 3.90. The SMILES string of the molecule is C#C.C=C(C)C(CC)CCC(C)C.C=Cc1ccc(CNC(=C)C(=NC)c2c(C)c(N)cn2C)cc1.CC.CC.CC. The van der Waals surface area contributed by atoms with Crippen molar-refractivity contribution in [2.24, 2.45) is 23.9 Å². The number of nitrogens with two attached hydrogens (primary N) is 1. The maximum absolute atomic E-state index is 5.99. The van der Waals surface area contributed by atoms with E-state index in [2.05, 4.69) is 82.7 Å². The van der Waals surface area contributed by atoms with Crippen molar-refractivity contribution >= 4 is 17.5 Å². The van der Waals surface area contributed by atoms with Crippen LogP contribution in [0.5, 0.6) is 0 Å². The van der Waals surface area contributed by atoms with Crippen LogP contribution in [0.2, 0.25) is 0 Å². The second-order valence-corrected chi connectivity index (χ2v) is 9.44. The second kappa shape index (κ2) is 29.1. The Morgan fingerprint density at radius 1 is 1.02 bits per heavy atom. The molecule has 1 unspecified atom stereocenters. The Morgan fingerprint density at radius 2 is 1.52 bits per heavy atom. The number of aliphatic imine (C=N–C) groups is 1. The van der Waals surface area contributed by atoms with Gasteiger partial charge in [0.1, 0.15) is 5.71 Å². The third kappa shape index (κ3) is 18.1. The first-order chi connectivity index (χ1) is 20.0. The highest BCUT2D eigenvalue weighted by molar-refractivity contribution is 6.12. The van der Waals surface area contributed by atoms with Crippen molar-refractivity contribution in [3.63, 3.8) is 0 Å². The quantitative estimate of drug-likeness (QED) is 0.158. The highest BCUT2D eigenvalue weighted by atomic mass is 15.0. The normalized spacial score (nSPS) is 10.2. The molecule has 0 spiro atoms. The molecule has 1 aromatic heterocycles. The van der Waals surface area contributed by atoms with Crippen LogP contribution in [0.15, 0.2) is 66.5 Å². The van der Waals surface area contributed by atoms with E-state index in [1.807, 2.05) is 84.5 Å². The van der Waals surface area contributed by atoms with E-state index in [4.69, 9.17) is 5.73 Å². The Hall–Kier alpha value is -3.45. The Balaban J connectivity index is -0.000000320. The average molecular weight is 579 g/mol. The zero-order chi connectivity index (χ0) is 33.8. The minimum Gasteiger partial charge on any atom is -0.397 e. The van der Waals surface area contributed by atoms with Crippen molar-refractivity contribution in [3.8, 4) is 12.8 Å². The first-order valence-corrected chi connectivity index (χ1v) is 15.6. The molecule has 0 saturated heterocycles. The number of rotatable bonds is 11. The number of allylic oxidation sites excluding steroid dienone is 2. The maximum atomic E-state index is 5.99. The van der Waals surface area contributed by atoms with Gasteiger partial charge in [-0.05, 0) is 55.2 Å². The number of aryl methyl sites for hydroxylation is 1. The van der Waals surface area contributed by atoms with Gasteiger partial charge < -0.3 is 15.6 Å². The number of benzene rings is 1. The number of hydrogen-bond acceptors (Lipinski definition) is 3. The van der Waals surface area contributed by atoms with Crippen molar-refractivity contribution in [1.82, 2.24) is 9.88 Å². The lowest BCUT2D eigenvalue weighted by molar-refractivity contribution is 0.458. The molecule has 1 aromatic carbocycles. The summed E-state index contributed by atoms with van der Waals surface area (Å²) in [6.45, 7) is 35.5. The number of aromatic nitrogens is 1. The summed E-state index contributed by atoms with van der Waals surface area (Å²) >= 11 is 0. The van der Waals surface area contributed by atoms with E-state index in [0.717, 1.165) is 45.8 Å². The summed E-state index contributed by atoms with van der Waals surface area (Å²) in [7, 11) is 3.73. The molecule has 1 heterocycles. The molecule has 0 fully saturated rings. The van der Waals surface area contributed by atoms with E-state index in [9.17, 15) is 0 Å². The van der Waals surface area contributed by atoms with Gasteiger partial charge in [0.25, 0.3) is 0 Å². The van der Waals surface area contributed by atoms with Gasteiger partial charge in [0.15, 0.2) is 0 Å². The van der Waals surface area contributed by atoms with E-state index in [0.29, 0.717) is 6.54 Å². The minimum absolute atomic E-state index is 0.689. The van der Waals surface area contributed by atoms with Gasteiger partial charge >= 0.3 is 0 Å². The van der Waals surface area contributed by atoms with Crippen LogP contribution in [0.3, 0.4) is 0 Å². The fraction of sp³-hybridized carbons (Fsp3) is 0.500. The predicted octanol–water partition coefficient (Wildman–Crippen LogP) is 10.6.